The summed E-state index contributed by atoms with van der Waals surface area (Å²) in [6.07, 6.45) is -7.94. The van der Waals surface area contributed by atoms with Gasteiger partial charge < -0.3 is 24.8 Å². The van der Waals surface area contributed by atoms with Gasteiger partial charge in [0, 0.05) is 36.6 Å². The molecule has 0 aliphatic carbocycles. The maximum atomic E-state index is 13.0. The van der Waals surface area contributed by atoms with Crippen LogP contribution in [0.2, 0.25) is 0 Å². The van der Waals surface area contributed by atoms with Gasteiger partial charge in [-0.3, -0.25) is 9.59 Å². The number of carbonyl (C=O) groups excluding carboxylic acids is 2. The van der Waals surface area contributed by atoms with Crippen molar-refractivity contribution in [3.8, 4) is 0 Å². The number of hydrogen-bond donors (Lipinski definition) is 2. The zero-order chi connectivity index (χ0) is 32.7. The molecule has 0 radical (unpaired) electrons. The molecule has 7 nitrogen and oxygen atoms in total. The smallest absolute Gasteiger partial charge is 0.430 e. The standard InChI is InChI=1S/C21H19F6NO3.C11H13NO2/c22-20(23,24)19(30,21(25,26)27)17-6-3-14(4-7-17)11-28-9-1-2-16-10-15(12-31-13-29)5-8-18(16)28;13-8-14-7-9-3-4-11-10(6-9)2-1-5-12-11/h3-8,10,13,30H,1-2,9,11-12H2;3-4,6,8,12H,1-2,5,7H2. The Hall–Kier alpha value is -4.26. The maximum absolute atomic E-state index is 13.0. The van der Waals surface area contributed by atoms with Crippen LogP contribution in [0.25, 0.3) is 0 Å². The van der Waals surface area contributed by atoms with Crippen LogP contribution in [0.3, 0.4) is 0 Å². The summed E-state index contributed by atoms with van der Waals surface area (Å²) in [6.45, 7) is 3.33. The van der Waals surface area contributed by atoms with Gasteiger partial charge in [0.15, 0.2) is 0 Å². The van der Waals surface area contributed by atoms with Crippen LogP contribution in [0.1, 0.15) is 46.2 Å². The van der Waals surface area contributed by atoms with Gasteiger partial charge in [0.1, 0.15) is 13.2 Å². The second-order valence-corrected chi connectivity index (χ2v) is 10.7. The van der Waals surface area contributed by atoms with E-state index in [4.69, 9.17) is 9.47 Å². The highest BCUT2D eigenvalue weighted by molar-refractivity contribution is 5.57. The predicted octanol–water partition coefficient (Wildman–Crippen LogP) is 6.34. The number of hydrogen-bond acceptors (Lipinski definition) is 7. The molecule has 0 unspecified atom stereocenters. The van der Waals surface area contributed by atoms with Gasteiger partial charge in [-0.05, 0) is 65.6 Å². The third kappa shape index (κ3) is 7.88. The molecule has 0 saturated carbocycles. The van der Waals surface area contributed by atoms with Crippen molar-refractivity contribution in [3.05, 3.63) is 94.0 Å². The number of halogens is 6. The molecule has 0 amide bonds. The Balaban J connectivity index is 0.000000273. The number of alkyl halides is 6. The maximum Gasteiger partial charge on any atom is 0.430 e. The van der Waals surface area contributed by atoms with Crippen molar-refractivity contribution in [1.82, 2.24) is 0 Å². The summed E-state index contributed by atoms with van der Waals surface area (Å²) in [7, 11) is 0. The lowest BCUT2D eigenvalue weighted by Gasteiger charge is -2.33. The molecule has 13 heteroatoms. The molecule has 0 saturated heterocycles. The first-order valence-electron chi connectivity index (χ1n) is 14.2. The highest BCUT2D eigenvalue weighted by Crippen LogP contribution is 2.50. The quantitative estimate of drug-likeness (QED) is 0.209. The Morgan fingerprint density at radius 1 is 0.756 bits per heavy atom. The fourth-order valence-corrected chi connectivity index (χ4v) is 5.42. The zero-order valence-electron chi connectivity index (χ0n) is 24.1. The number of rotatable bonds is 9. The van der Waals surface area contributed by atoms with E-state index in [0.717, 1.165) is 60.3 Å². The molecule has 0 bridgehead atoms. The predicted molar refractivity (Wildman–Crippen MR) is 153 cm³/mol. The van der Waals surface area contributed by atoms with Crippen LogP contribution in [0, 0.1) is 0 Å². The number of aliphatic hydroxyl groups is 1. The lowest BCUT2D eigenvalue weighted by atomic mass is 9.91. The number of aryl methyl sites for hydroxylation is 2. The molecule has 5 rings (SSSR count). The molecule has 3 aromatic rings. The normalized spacial score (nSPS) is 14.6. The lowest BCUT2D eigenvalue weighted by Crippen LogP contribution is -2.53. The van der Waals surface area contributed by atoms with E-state index in [9.17, 15) is 41.0 Å². The number of ether oxygens (including phenoxy) is 2. The molecule has 242 valence electrons. The number of benzene rings is 3. The van der Waals surface area contributed by atoms with Crippen LogP contribution < -0.4 is 10.2 Å². The summed E-state index contributed by atoms with van der Waals surface area (Å²) in [5.74, 6) is 0. The molecular weight excluding hydrogens is 606 g/mol. The van der Waals surface area contributed by atoms with Gasteiger partial charge in [-0.1, -0.05) is 48.5 Å². The van der Waals surface area contributed by atoms with Crippen LogP contribution in [-0.2, 0) is 57.3 Å². The van der Waals surface area contributed by atoms with Crippen LogP contribution in [0.4, 0.5) is 37.7 Å². The summed E-state index contributed by atoms with van der Waals surface area (Å²) in [5, 5.41) is 12.8. The van der Waals surface area contributed by atoms with Crippen molar-refractivity contribution in [1.29, 1.82) is 0 Å². The summed E-state index contributed by atoms with van der Waals surface area (Å²) in [4.78, 5) is 22.3. The van der Waals surface area contributed by atoms with Crippen molar-refractivity contribution in [2.24, 2.45) is 0 Å². The fourth-order valence-electron chi connectivity index (χ4n) is 5.42. The minimum atomic E-state index is -5.91. The summed E-state index contributed by atoms with van der Waals surface area (Å²) in [5.41, 5.74) is 0.595. The van der Waals surface area contributed by atoms with Crippen LogP contribution in [0.5, 0.6) is 0 Å². The number of nitrogens with one attached hydrogen (secondary N) is 1. The van der Waals surface area contributed by atoms with E-state index in [-0.39, 0.29) is 13.2 Å². The van der Waals surface area contributed by atoms with E-state index in [1.807, 2.05) is 23.1 Å². The molecular formula is C32H32F6N2O5. The zero-order valence-corrected chi connectivity index (χ0v) is 24.1. The molecule has 0 fully saturated rings. The Morgan fingerprint density at radius 2 is 1.31 bits per heavy atom. The largest absolute Gasteiger partial charge is 0.463 e. The van der Waals surface area contributed by atoms with Gasteiger partial charge >= 0.3 is 12.4 Å². The Bertz CT molecular complexity index is 1450. The van der Waals surface area contributed by atoms with E-state index in [1.165, 1.54) is 17.7 Å². The molecule has 45 heavy (non-hydrogen) atoms. The second kappa shape index (κ2) is 14.2. The van der Waals surface area contributed by atoms with Gasteiger partial charge in [-0.15, -0.1) is 0 Å². The molecule has 0 atom stereocenters. The van der Waals surface area contributed by atoms with Gasteiger partial charge in [0.05, 0.1) is 0 Å². The minimum absolute atomic E-state index is 0.138. The SMILES string of the molecule is O=COCc1ccc2c(c1)CCCN2.O=COCc1ccc2c(c1)CCCN2Cc1ccc(C(O)(C(F)(F)F)C(F)(F)F)cc1. The van der Waals surface area contributed by atoms with E-state index in [1.54, 1.807) is 6.07 Å². The van der Waals surface area contributed by atoms with Crippen LogP contribution in [-0.4, -0.2) is 43.5 Å². The number of fused-ring (bicyclic) bond motifs is 2. The van der Waals surface area contributed by atoms with Crippen molar-refractivity contribution >= 4 is 24.3 Å². The fraction of sp³-hybridized carbons (Fsp3) is 0.375. The van der Waals surface area contributed by atoms with Crippen molar-refractivity contribution < 1.29 is 50.5 Å². The molecule has 2 heterocycles. The monoisotopic (exact) mass is 638 g/mol. The minimum Gasteiger partial charge on any atom is -0.463 e. The van der Waals surface area contributed by atoms with E-state index >= 15 is 0 Å². The molecule has 0 spiro atoms. The molecule has 3 aromatic carbocycles. The highest BCUT2D eigenvalue weighted by atomic mass is 19.4. The van der Waals surface area contributed by atoms with Crippen molar-refractivity contribution in [3.63, 3.8) is 0 Å². The van der Waals surface area contributed by atoms with Crippen LogP contribution >= 0.6 is 0 Å². The Labute approximate surface area is 255 Å². The van der Waals surface area contributed by atoms with Gasteiger partial charge in [0.25, 0.3) is 18.5 Å². The lowest BCUT2D eigenvalue weighted by molar-refractivity contribution is -0.376. The van der Waals surface area contributed by atoms with Crippen molar-refractivity contribution in [2.45, 2.75) is 63.4 Å². The van der Waals surface area contributed by atoms with Gasteiger partial charge in [-0.2, -0.15) is 26.3 Å². The average molecular weight is 639 g/mol. The summed E-state index contributed by atoms with van der Waals surface area (Å²) in [6, 6.07) is 15.3. The van der Waals surface area contributed by atoms with E-state index in [0.29, 0.717) is 43.8 Å². The van der Waals surface area contributed by atoms with Gasteiger partial charge in [0.2, 0.25) is 0 Å². The topological polar surface area (TPSA) is 88.1 Å². The first-order chi connectivity index (χ1) is 21.4. The number of carbonyl (C=O) groups is 2. The summed E-state index contributed by atoms with van der Waals surface area (Å²) >= 11 is 0. The first kappa shape index (κ1) is 33.6. The number of anilines is 2. The third-order valence-corrected chi connectivity index (χ3v) is 7.67. The third-order valence-electron chi connectivity index (χ3n) is 7.67. The molecule has 0 aromatic heterocycles. The molecule has 2 aliphatic heterocycles. The van der Waals surface area contributed by atoms with E-state index < -0.39 is 23.5 Å². The van der Waals surface area contributed by atoms with Gasteiger partial charge in [-0.25, -0.2) is 0 Å². The molecule has 2 N–H and O–H groups in total. The first-order valence-corrected chi connectivity index (χ1v) is 14.2. The Kier molecular flexibility index (Phi) is 10.6. The highest BCUT2D eigenvalue weighted by Gasteiger charge is 2.71. The second-order valence-electron chi connectivity index (χ2n) is 10.7. The summed E-state index contributed by atoms with van der Waals surface area (Å²) < 4.78 is 87.6. The average Bonchev–Trinajstić information content (AvgIpc) is 3.02. The van der Waals surface area contributed by atoms with Crippen LogP contribution in [0.15, 0.2) is 60.7 Å². The Morgan fingerprint density at radius 3 is 1.91 bits per heavy atom. The van der Waals surface area contributed by atoms with E-state index in [2.05, 4.69) is 17.4 Å². The molecule has 2 aliphatic rings. The number of nitrogens with zero attached hydrogens (tertiary/aromatic N) is 1. The van der Waals surface area contributed by atoms with Crippen molar-refractivity contribution in [2.75, 3.05) is 23.3 Å².